The van der Waals surface area contributed by atoms with Crippen molar-refractivity contribution in [1.29, 1.82) is 0 Å². The van der Waals surface area contributed by atoms with Gasteiger partial charge in [0.2, 0.25) is 0 Å². The highest BCUT2D eigenvalue weighted by atomic mass is 16.6. The molecule has 6 unspecified atom stereocenters. The number of nitrogens with zero attached hydrogens (tertiary/aromatic N) is 2. The van der Waals surface area contributed by atoms with Crippen molar-refractivity contribution in [3.63, 3.8) is 0 Å². The topological polar surface area (TPSA) is 159 Å². The van der Waals surface area contributed by atoms with Gasteiger partial charge in [-0.2, -0.15) is 0 Å². The number of esters is 2. The fourth-order valence-corrected chi connectivity index (χ4v) is 6.88. The summed E-state index contributed by atoms with van der Waals surface area (Å²) in [4.78, 5) is 42.7. The van der Waals surface area contributed by atoms with Gasteiger partial charge in [-0.05, 0) is 64.6 Å². The minimum Gasteiger partial charge on any atom is -0.457 e. The smallest absolute Gasteiger partial charge is 0.410 e. The fraction of sp³-hybridized carbons (Fsp3) is 0.763. The molecule has 0 saturated carbocycles. The highest BCUT2D eigenvalue weighted by Gasteiger charge is 2.47. The molecule has 50 heavy (non-hydrogen) atoms. The minimum absolute atomic E-state index is 0.0213. The molecule has 3 heterocycles. The van der Waals surface area contributed by atoms with Gasteiger partial charge in [0, 0.05) is 51.4 Å². The third kappa shape index (κ3) is 12.5. The Morgan fingerprint density at radius 2 is 1.86 bits per heavy atom. The quantitative estimate of drug-likeness (QED) is 0.0873. The van der Waals surface area contributed by atoms with Gasteiger partial charge in [0.05, 0.1) is 36.4 Å². The van der Waals surface area contributed by atoms with Crippen molar-refractivity contribution < 1.29 is 48.7 Å². The zero-order chi connectivity index (χ0) is 37.2. The molecule has 3 aliphatic heterocycles. The first kappa shape index (κ1) is 41.6. The summed E-state index contributed by atoms with van der Waals surface area (Å²) in [5, 5.41) is 32.0. The number of aliphatic hydroxyl groups is 3. The van der Waals surface area contributed by atoms with Crippen LogP contribution in [0, 0.1) is 11.8 Å². The van der Waals surface area contributed by atoms with Gasteiger partial charge in [-0.15, -0.1) is 0 Å². The van der Waals surface area contributed by atoms with E-state index in [1.54, 1.807) is 49.1 Å². The molecule has 0 aromatic rings. The molecule has 1 amide bonds. The summed E-state index contributed by atoms with van der Waals surface area (Å²) in [6.45, 7) is 17.8. The molecule has 3 aliphatic rings. The lowest BCUT2D eigenvalue weighted by molar-refractivity contribution is -0.168. The zero-order valence-electron chi connectivity index (χ0n) is 31.4. The number of ether oxygens (including phenoxy) is 4. The molecule has 3 N–H and O–H groups in total. The Kier molecular flexibility index (Phi) is 15.5. The molecule has 0 radical (unpaired) electrons. The van der Waals surface area contributed by atoms with E-state index in [0.29, 0.717) is 31.5 Å². The van der Waals surface area contributed by atoms with Gasteiger partial charge >= 0.3 is 18.0 Å². The van der Waals surface area contributed by atoms with E-state index in [9.17, 15) is 29.7 Å². The Bertz CT molecular complexity index is 1230. The first-order valence-electron chi connectivity index (χ1n) is 18.3. The number of cyclic esters (lactones) is 1. The average molecular weight is 707 g/mol. The summed E-state index contributed by atoms with van der Waals surface area (Å²) in [7, 11) is 0. The molecule has 0 aromatic heterocycles. The van der Waals surface area contributed by atoms with Crippen LogP contribution < -0.4 is 0 Å². The van der Waals surface area contributed by atoms with Crippen LogP contribution in [0.1, 0.15) is 93.9 Å². The summed E-state index contributed by atoms with van der Waals surface area (Å²) < 4.78 is 23.5. The van der Waals surface area contributed by atoms with Crippen LogP contribution in [-0.4, -0.2) is 124 Å². The Morgan fingerprint density at radius 3 is 2.48 bits per heavy atom. The van der Waals surface area contributed by atoms with Crippen molar-refractivity contribution in [3.05, 3.63) is 36.0 Å². The van der Waals surface area contributed by atoms with Crippen LogP contribution in [-0.2, 0) is 28.5 Å². The number of amides is 1. The lowest BCUT2D eigenvalue weighted by Crippen LogP contribution is -2.52. The summed E-state index contributed by atoms with van der Waals surface area (Å²) >= 11 is 0. The first-order valence-corrected chi connectivity index (χ1v) is 18.3. The van der Waals surface area contributed by atoms with E-state index in [4.69, 9.17) is 18.9 Å². The molecular weight excluding hydrogens is 644 g/mol. The number of hydrogen-bond acceptors (Lipinski definition) is 11. The Hall–Kier alpha value is -2.77. The van der Waals surface area contributed by atoms with E-state index in [-0.39, 0.29) is 37.4 Å². The maximum Gasteiger partial charge on any atom is 0.410 e. The van der Waals surface area contributed by atoms with Crippen LogP contribution in [0.3, 0.4) is 0 Å². The van der Waals surface area contributed by atoms with E-state index < -0.39 is 59.6 Å². The van der Waals surface area contributed by atoms with Crippen LogP contribution in [0.15, 0.2) is 36.0 Å². The Labute approximate surface area is 298 Å². The number of hydrogen-bond donors (Lipinski definition) is 3. The van der Waals surface area contributed by atoms with Gasteiger partial charge in [0.1, 0.15) is 11.7 Å². The monoisotopic (exact) mass is 706 g/mol. The van der Waals surface area contributed by atoms with Crippen LogP contribution in [0.25, 0.3) is 0 Å². The van der Waals surface area contributed by atoms with Gasteiger partial charge < -0.3 is 39.2 Å². The van der Waals surface area contributed by atoms with Crippen LogP contribution in [0.5, 0.6) is 0 Å². The molecule has 0 bridgehead atoms. The third-order valence-corrected chi connectivity index (χ3v) is 10.1. The number of allylic oxidation sites excluding steroid dienone is 2. The summed E-state index contributed by atoms with van der Waals surface area (Å²) in [6.07, 6.45) is 6.65. The van der Waals surface area contributed by atoms with Crippen LogP contribution in [0.4, 0.5) is 4.79 Å². The zero-order valence-corrected chi connectivity index (χ0v) is 31.4. The minimum atomic E-state index is -1.31. The summed E-state index contributed by atoms with van der Waals surface area (Å²) in [6, 6.07) is 0. The van der Waals surface area contributed by atoms with Gasteiger partial charge in [-0.3, -0.25) is 14.5 Å². The van der Waals surface area contributed by atoms with Crippen LogP contribution >= 0.6 is 0 Å². The predicted molar refractivity (Wildman–Crippen MR) is 189 cm³/mol. The van der Waals surface area contributed by atoms with Crippen molar-refractivity contribution in [1.82, 2.24) is 9.80 Å². The molecule has 12 nitrogen and oxygen atoms in total. The number of piperazine rings is 1. The molecule has 0 aliphatic carbocycles. The molecule has 0 spiro atoms. The lowest BCUT2D eigenvalue weighted by Gasteiger charge is -2.39. The number of epoxide rings is 1. The highest BCUT2D eigenvalue weighted by molar-refractivity contribution is 5.71. The molecule has 2 saturated heterocycles. The van der Waals surface area contributed by atoms with Crippen molar-refractivity contribution in [2.24, 2.45) is 11.8 Å². The van der Waals surface area contributed by atoms with Crippen molar-refractivity contribution >= 4 is 18.0 Å². The van der Waals surface area contributed by atoms with Crippen molar-refractivity contribution in [2.45, 2.75) is 142 Å². The molecule has 0 aromatic carbocycles. The van der Waals surface area contributed by atoms with E-state index in [2.05, 4.69) is 11.8 Å². The maximum atomic E-state index is 13.4. The Balaban J connectivity index is 1.81. The summed E-state index contributed by atoms with van der Waals surface area (Å²) in [5.74, 6) is -1.56. The maximum absolute atomic E-state index is 13.4. The van der Waals surface area contributed by atoms with Gasteiger partial charge in [-0.1, -0.05) is 52.0 Å². The van der Waals surface area contributed by atoms with E-state index >= 15 is 0 Å². The molecule has 12 heteroatoms. The summed E-state index contributed by atoms with van der Waals surface area (Å²) in [5.41, 5.74) is -1.79. The predicted octanol–water partition coefficient (Wildman–Crippen LogP) is 4.31. The molecule has 10 atom stereocenters. The lowest BCUT2D eigenvalue weighted by atomic mass is 9.88. The van der Waals surface area contributed by atoms with Crippen LogP contribution in [0.2, 0.25) is 0 Å². The largest absolute Gasteiger partial charge is 0.457 e. The SMILES string of the molecule is CCCN1CCN(C(=O)OC2C=CC(C)C(/C(C)=C/C=C/C(C)(O)C[C@H]3O[C@@H]3[C@H](C)[C@@H](O)CC)OC(=O)CC(O)CCC2(C)OC(C)=O)CC1. The number of carbonyl (C=O) groups excluding carboxylic acids is 3. The molecule has 3 rings (SSSR count). The second kappa shape index (κ2) is 18.6. The highest BCUT2D eigenvalue weighted by Crippen LogP contribution is 2.38. The Morgan fingerprint density at radius 1 is 1.18 bits per heavy atom. The van der Waals surface area contributed by atoms with E-state index in [1.165, 1.54) is 6.92 Å². The number of rotatable bonds is 12. The fourth-order valence-electron chi connectivity index (χ4n) is 6.88. The third-order valence-electron chi connectivity index (χ3n) is 10.1. The normalized spacial score (nSPS) is 32.7. The number of aliphatic hydroxyl groups excluding tert-OH is 2. The van der Waals surface area contributed by atoms with Crippen molar-refractivity contribution in [2.75, 3.05) is 32.7 Å². The van der Waals surface area contributed by atoms with E-state index in [1.807, 2.05) is 27.7 Å². The standard InChI is InChI=1S/C38H62N2O10/c1-9-18-39-19-21-40(22-20-39)36(45)48-32-14-13-26(4)34(49-33(44)23-29(42)15-17-38(32,8)50-28(6)41)25(3)12-11-16-37(7,46)24-31-35(47-31)27(5)30(43)10-2/h11-14,16,26-27,29-32,34-35,42-43,46H,9-10,15,17-24H2,1-8H3/b14-13?,16-11+,25-12+/t26?,27-,29?,30+,31-,32?,34?,35-,37?,38?/m1/s1. The molecule has 2 fully saturated rings. The number of carbonyl (C=O) groups is 3. The average Bonchev–Trinajstić information content (AvgIpc) is 3.81. The molecule has 284 valence electrons. The second-order valence-electron chi connectivity index (χ2n) is 14.9. The molecular formula is C38H62N2O10. The van der Waals surface area contributed by atoms with E-state index in [0.717, 1.165) is 26.1 Å². The van der Waals surface area contributed by atoms with Gasteiger partial charge in [0.25, 0.3) is 0 Å². The first-order chi connectivity index (χ1) is 23.5. The van der Waals surface area contributed by atoms with Crippen molar-refractivity contribution in [3.8, 4) is 0 Å². The van der Waals surface area contributed by atoms with Gasteiger partial charge in [0.15, 0.2) is 6.10 Å². The second-order valence-corrected chi connectivity index (χ2v) is 14.9. The van der Waals surface area contributed by atoms with Gasteiger partial charge in [-0.25, -0.2) is 4.79 Å².